The van der Waals surface area contributed by atoms with Gasteiger partial charge >= 0.3 is 0 Å². The lowest BCUT2D eigenvalue weighted by atomic mass is 9.99. The minimum Gasteiger partial charge on any atom is -0.400 e. The van der Waals surface area contributed by atoms with Crippen molar-refractivity contribution in [2.45, 2.75) is 12.3 Å². The zero-order valence-corrected chi connectivity index (χ0v) is 8.03. The van der Waals surface area contributed by atoms with E-state index >= 15 is 0 Å². The number of rotatable bonds is 1. The Morgan fingerprint density at radius 3 is 2.46 bits per heavy atom. The molecule has 1 fully saturated rings. The standard InChI is InChI=1S/C10H13N.CH4O/c1-2-4-9(5-3-1)10-6-7-11-8-10;1-2/h1-5,10-11H,6-8H2;2H,1H3. The Hall–Kier alpha value is -0.860. The van der Waals surface area contributed by atoms with Crippen LogP contribution in [0, 0.1) is 0 Å². The Labute approximate surface area is 79.6 Å². The molecule has 0 aliphatic carbocycles. The molecule has 2 heteroatoms. The molecule has 2 N–H and O–H groups in total. The molecular weight excluding hydrogens is 162 g/mol. The van der Waals surface area contributed by atoms with Crippen LogP contribution in [0.15, 0.2) is 30.3 Å². The second kappa shape index (κ2) is 5.73. The van der Waals surface area contributed by atoms with Crippen LogP contribution in [0.2, 0.25) is 0 Å². The summed E-state index contributed by atoms with van der Waals surface area (Å²) in [6, 6.07) is 10.8. The van der Waals surface area contributed by atoms with E-state index in [4.69, 9.17) is 5.11 Å². The van der Waals surface area contributed by atoms with Gasteiger partial charge in [-0.3, -0.25) is 0 Å². The zero-order chi connectivity index (χ0) is 9.52. The monoisotopic (exact) mass is 179 g/mol. The Morgan fingerprint density at radius 2 is 1.92 bits per heavy atom. The van der Waals surface area contributed by atoms with Crippen molar-refractivity contribution >= 4 is 0 Å². The summed E-state index contributed by atoms with van der Waals surface area (Å²) in [5.41, 5.74) is 1.48. The maximum Gasteiger partial charge on any atom is 0.0319 e. The third-order valence-corrected chi connectivity index (χ3v) is 2.33. The second-order valence-corrected chi connectivity index (χ2v) is 3.10. The van der Waals surface area contributed by atoms with Gasteiger partial charge in [0.05, 0.1) is 0 Å². The third kappa shape index (κ3) is 2.83. The van der Waals surface area contributed by atoms with Crippen molar-refractivity contribution in [1.29, 1.82) is 0 Å². The van der Waals surface area contributed by atoms with Gasteiger partial charge in [-0.05, 0) is 24.4 Å². The molecule has 1 aliphatic heterocycles. The number of hydrogen-bond acceptors (Lipinski definition) is 2. The SMILES string of the molecule is CO.c1ccc(C2CCNC2)cc1. The summed E-state index contributed by atoms with van der Waals surface area (Å²) in [6.07, 6.45) is 1.30. The van der Waals surface area contributed by atoms with E-state index in [0.717, 1.165) is 19.6 Å². The fraction of sp³-hybridized carbons (Fsp3) is 0.455. The van der Waals surface area contributed by atoms with E-state index in [0.29, 0.717) is 0 Å². The molecule has 72 valence electrons. The van der Waals surface area contributed by atoms with Gasteiger partial charge in [-0.25, -0.2) is 0 Å². The maximum absolute atomic E-state index is 7.00. The molecule has 1 aliphatic rings. The summed E-state index contributed by atoms with van der Waals surface area (Å²) >= 11 is 0. The topological polar surface area (TPSA) is 32.3 Å². The van der Waals surface area contributed by atoms with Gasteiger partial charge in [0.2, 0.25) is 0 Å². The highest BCUT2D eigenvalue weighted by atomic mass is 16.2. The first-order valence-corrected chi connectivity index (χ1v) is 4.67. The van der Waals surface area contributed by atoms with Crippen molar-refractivity contribution in [3.8, 4) is 0 Å². The minimum atomic E-state index is 0.760. The van der Waals surface area contributed by atoms with Gasteiger partial charge < -0.3 is 10.4 Å². The number of benzene rings is 1. The van der Waals surface area contributed by atoms with Crippen LogP contribution < -0.4 is 5.32 Å². The first-order valence-electron chi connectivity index (χ1n) is 4.67. The molecule has 1 aromatic rings. The highest BCUT2D eigenvalue weighted by molar-refractivity contribution is 5.20. The van der Waals surface area contributed by atoms with E-state index in [2.05, 4.69) is 35.6 Å². The lowest BCUT2D eigenvalue weighted by molar-refractivity contribution is 0.399. The van der Waals surface area contributed by atoms with Crippen molar-refractivity contribution in [2.24, 2.45) is 0 Å². The van der Waals surface area contributed by atoms with Crippen LogP contribution in [0.3, 0.4) is 0 Å². The smallest absolute Gasteiger partial charge is 0.0319 e. The number of hydrogen-bond donors (Lipinski definition) is 2. The van der Waals surface area contributed by atoms with Crippen molar-refractivity contribution < 1.29 is 5.11 Å². The Kier molecular flexibility index (Phi) is 4.50. The largest absolute Gasteiger partial charge is 0.400 e. The minimum absolute atomic E-state index is 0.760. The van der Waals surface area contributed by atoms with Gasteiger partial charge in [-0.15, -0.1) is 0 Å². The summed E-state index contributed by atoms with van der Waals surface area (Å²) in [7, 11) is 1.00. The maximum atomic E-state index is 7.00. The fourth-order valence-electron chi connectivity index (χ4n) is 1.66. The van der Waals surface area contributed by atoms with Crippen molar-refractivity contribution in [3.05, 3.63) is 35.9 Å². The molecule has 2 nitrogen and oxygen atoms in total. The van der Waals surface area contributed by atoms with E-state index in [1.807, 2.05) is 0 Å². The molecule has 0 spiro atoms. The van der Waals surface area contributed by atoms with Gasteiger partial charge in [0, 0.05) is 13.7 Å². The first-order chi connectivity index (χ1) is 6.47. The highest BCUT2D eigenvalue weighted by Gasteiger charge is 2.15. The summed E-state index contributed by atoms with van der Waals surface area (Å²) in [4.78, 5) is 0. The van der Waals surface area contributed by atoms with Crippen LogP contribution in [0.4, 0.5) is 0 Å². The number of aliphatic hydroxyl groups is 1. The molecular formula is C11H17NO. The average Bonchev–Trinajstić information content (AvgIpc) is 2.75. The Balaban J connectivity index is 0.000000396. The lowest BCUT2D eigenvalue weighted by Gasteiger charge is -2.06. The highest BCUT2D eigenvalue weighted by Crippen LogP contribution is 2.21. The van der Waals surface area contributed by atoms with Crippen LogP contribution in [0.1, 0.15) is 17.9 Å². The van der Waals surface area contributed by atoms with Crippen molar-refractivity contribution in [1.82, 2.24) is 5.32 Å². The molecule has 1 unspecified atom stereocenters. The molecule has 2 rings (SSSR count). The molecule has 1 heterocycles. The predicted molar refractivity (Wildman–Crippen MR) is 54.8 cm³/mol. The van der Waals surface area contributed by atoms with Crippen molar-refractivity contribution in [2.75, 3.05) is 20.2 Å². The lowest BCUT2D eigenvalue weighted by Crippen LogP contribution is -2.07. The van der Waals surface area contributed by atoms with Gasteiger partial charge in [-0.2, -0.15) is 0 Å². The van der Waals surface area contributed by atoms with Crippen LogP contribution >= 0.6 is 0 Å². The van der Waals surface area contributed by atoms with Crippen molar-refractivity contribution in [3.63, 3.8) is 0 Å². The molecule has 1 aromatic carbocycles. The van der Waals surface area contributed by atoms with Crippen LogP contribution in [-0.4, -0.2) is 25.3 Å². The Morgan fingerprint density at radius 1 is 1.23 bits per heavy atom. The summed E-state index contributed by atoms with van der Waals surface area (Å²) < 4.78 is 0. The Bertz CT molecular complexity index is 217. The zero-order valence-electron chi connectivity index (χ0n) is 8.03. The summed E-state index contributed by atoms with van der Waals surface area (Å²) in [5, 5.41) is 10.4. The van der Waals surface area contributed by atoms with E-state index in [1.165, 1.54) is 18.5 Å². The molecule has 1 saturated heterocycles. The summed E-state index contributed by atoms with van der Waals surface area (Å²) in [6.45, 7) is 2.34. The van der Waals surface area contributed by atoms with Gasteiger partial charge in [0.1, 0.15) is 0 Å². The predicted octanol–water partition coefficient (Wildman–Crippen LogP) is 1.37. The quantitative estimate of drug-likeness (QED) is 0.682. The molecule has 13 heavy (non-hydrogen) atoms. The molecule has 0 amide bonds. The van der Waals surface area contributed by atoms with E-state index in [1.54, 1.807) is 0 Å². The number of aliphatic hydroxyl groups excluding tert-OH is 1. The molecule has 1 atom stereocenters. The first kappa shape index (κ1) is 10.2. The van der Waals surface area contributed by atoms with Crippen LogP contribution in [0.25, 0.3) is 0 Å². The van der Waals surface area contributed by atoms with E-state index in [-0.39, 0.29) is 0 Å². The van der Waals surface area contributed by atoms with Gasteiger partial charge in [0.15, 0.2) is 0 Å². The summed E-state index contributed by atoms with van der Waals surface area (Å²) in [5.74, 6) is 0.760. The van der Waals surface area contributed by atoms with Gasteiger partial charge in [-0.1, -0.05) is 30.3 Å². The van der Waals surface area contributed by atoms with E-state index < -0.39 is 0 Å². The molecule has 0 bridgehead atoms. The normalized spacial score (nSPS) is 20.6. The molecule has 0 saturated carbocycles. The number of nitrogens with one attached hydrogen (secondary N) is 1. The fourth-order valence-corrected chi connectivity index (χ4v) is 1.66. The van der Waals surface area contributed by atoms with E-state index in [9.17, 15) is 0 Å². The average molecular weight is 179 g/mol. The van der Waals surface area contributed by atoms with Gasteiger partial charge in [0.25, 0.3) is 0 Å². The second-order valence-electron chi connectivity index (χ2n) is 3.10. The molecule has 0 aromatic heterocycles. The van der Waals surface area contributed by atoms with Crippen LogP contribution in [-0.2, 0) is 0 Å². The van der Waals surface area contributed by atoms with Crippen LogP contribution in [0.5, 0.6) is 0 Å². The third-order valence-electron chi connectivity index (χ3n) is 2.33. The molecule has 0 radical (unpaired) electrons.